The van der Waals surface area contributed by atoms with Crippen molar-refractivity contribution in [1.29, 1.82) is 0 Å². The molecule has 0 aromatic rings. The van der Waals surface area contributed by atoms with Gasteiger partial charge in [-0.25, -0.2) is 0 Å². The number of halogens is 3. The van der Waals surface area contributed by atoms with E-state index in [9.17, 15) is 18.3 Å². The Bertz CT molecular complexity index is 274. The second kappa shape index (κ2) is 6.44. The van der Waals surface area contributed by atoms with E-state index in [0.29, 0.717) is 38.4 Å². The summed E-state index contributed by atoms with van der Waals surface area (Å²) in [7, 11) is 0. The lowest BCUT2D eigenvalue weighted by atomic mass is 9.73. The number of hydrogen-bond donors (Lipinski definition) is 1. The number of rotatable bonds is 3. The summed E-state index contributed by atoms with van der Waals surface area (Å²) in [4.78, 5) is 0. The molecule has 1 saturated carbocycles. The highest BCUT2D eigenvalue weighted by atomic mass is 19.4. The molecule has 5 heteroatoms. The van der Waals surface area contributed by atoms with E-state index in [0.717, 1.165) is 19.3 Å². The molecule has 2 rings (SSSR count). The molecule has 0 radical (unpaired) electrons. The molecule has 112 valence electrons. The number of aliphatic hydroxyl groups excluding tert-OH is 1. The SMILES string of the molecule is OC(CC1CCOCC1)C1CCCCC1C(F)(F)F. The first-order valence-corrected chi connectivity index (χ1v) is 7.31. The van der Waals surface area contributed by atoms with Crippen LogP contribution in [0.1, 0.15) is 44.9 Å². The number of ether oxygens (including phenoxy) is 1. The van der Waals surface area contributed by atoms with Crippen LogP contribution in [0.15, 0.2) is 0 Å². The maximum absolute atomic E-state index is 13.0. The minimum atomic E-state index is -4.16. The average Bonchev–Trinajstić information content (AvgIpc) is 2.39. The van der Waals surface area contributed by atoms with Crippen LogP contribution in [0.5, 0.6) is 0 Å². The van der Waals surface area contributed by atoms with Crippen molar-refractivity contribution in [3.05, 3.63) is 0 Å². The molecule has 1 heterocycles. The van der Waals surface area contributed by atoms with Gasteiger partial charge in [0.15, 0.2) is 0 Å². The Morgan fingerprint density at radius 2 is 1.68 bits per heavy atom. The smallest absolute Gasteiger partial charge is 0.392 e. The fourth-order valence-electron chi connectivity index (χ4n) is 3.52. The predicted molar refractivity (Wildman–Crippen MR) is 65.7 cm³/mol. The van der Waals surface area contributed by atoms with Crippen LogP contribution in [0, 0.1) is 17.8 Å². The lowest BCUT2D eigenvalue weighted by molar-refractivity contribution is -0.207. The van der Waals surface area contributed by atoms with E-state index >= 15 is 0 Å². The number of alkyl halides is 3. The first-order valence-electron chi connectivity index (χ1n) is 7.31. The molecule has 0 aromatic heterocycles. The maximum atomic E-state index is 13.0. The van der Waals surface area contributed by atoms with Crippen LogP contribution in [0.4, 0.5) is 13.2 Å². The van der Waals surface area contributed by atoms with Crippen LogP contribution in [0.3, 0.4) is 0 Å². The molecule has 0 aromatic carbocycles. The molecule has 19 heavy (non-hydrogen) atoms. The van der Waals surface area contributed by atoms with Crippen LogP contribution in [0.25, 0.3) is 0 Å². The van der Waals surface area contributed by atoms with Crippen LogP contribution < -0.4 is 0 Å². The third kappa shape index (κ3) is 4.09. The van der Waals surface area contributed by atoms with Gasteiger partial charge in [-0.3, -0.25) is 0 Å². The van der Waals surface area contributed by atoms with E-state index in [2.05, 4.69) is 0 Å². The summed E-state index contributed by atoms with van der Waals surface area (Å²) in [5.41, 5.74) is 0. The largest absolute Gasteiger partial charge is 0.393 e. The van der Waals surface area contributed by atoms with Crippen molar-refractivity contribution < 1.29 is 23.0 Å². The molecule has 0 bridgehead atoms. The highest BCUT2D eigenvalue weighted by Crippen LogP contribution is 2.44. The topological polar surface area (TPSA) is 29.5 Å². The zero-order chi connectivity index (χ0) is 13.9. The minimum Gasteiger partial charge on any atom is -0.393 e. The van der Waals surface area contributed by atoms with Gasteiger partial charge in [0.1, 0.15) is 0 Å². The monoisotopic (exact) mass is 280 g/mol. The van der Waals surface area contributed by atoms with Crippen LogP contribution in [0.2, 0.25) is 0 Å². The zero-order valence-electron chi connectivity index (χ0n) is 11.2. The normalized spacial score (nSPS) is 32.2. The highest BCUT2D eigenvalue weighted by molar-refractivity contribution is 4.86. The van der Waals surface area contributed by atoms with Gasteiger partial charge in [-0.15, -0.1) is 0 Å². The average molecular weight is 280 g/mol. The first-order chi connectivity index (χ1) is 8.98. The predicted octanol–water partition coefficient (Wildman–Crippen LogP) is 3.53. The van der Waals surface area contributed by atoms with Crippen LogP contribution in [-0.2, 0) is 4.74 Å². The van der Waals surface area contributed by atoms with Gasteiger partial charge in [0.2, 0.25) is 0 Å². The van der Waals surface area contributed by atoms with Crippen molar-refractivity contribution >= 4 is 0 Å². The van der Waals surface area contributed by atoms with Gasteiger partial charge in [0.25, 0.3) is 0 Å². The molecule has 1 saturated heterocycles. The van der Waals surface area contributed by atoms with E-state index in [-0.39, 0.29) is 6.42 Å². The molecule has 3 unspecified atom stereocenters. The van der Waals surface area contributed by atoms with Gasteiger partial charge in [0.05, 0.1) is 12.0 Å². The molecule has 3 atom stereocenters. The Kier molecular flexibility index (Phi) is 5.12. The Balaban J connectivity index is 1.92. The van der Waals surface area contributed by atoms with E-state index in [1.807, 2.05) is 0 Å². The second-order valence-corrected chi connectivity index (χ2v) is 5.96. The van der Waals surface area contributed by atoms with Crippen molar-refractivity contribution in [2.75, 3.05) is 13.2 Å². The molecule has 2 fully saturated rings. The Hall–Kier alpha value is -0.290. The summed E-state index contributed by atoms with van der Waals surface area (Å²) in [6.07, 6.45) is -0.626. The molecular formula is C14H23F3O2. The van der Waals surface area contributed by atoms with E-state index in [4.69, 9.17) is 4.74 Å². The summed E-state index contributed by atoms with van der Waals surface area (Å²) < 4.78 is 44.2. The second-order valence-electron chi connectivity index (χ2n) is 5.96. The molecule has 0 amide bonds. The zero-order valence-corrected chi connectivity index (χ0v) is 11.2. The van der Waals surface area contributed by atoms with Crippen molar-refractivity contribution in [3.63, 3.8) is 0 Å². The van der Waals surface area contributed by atoms with Gasteiger partial charge in [-0.1, -0.05) is 12.8 Å². The quantitative estimate of drug-likeness (QED) is 0.857. The van der Waals surface area contributed by atoms with Gasteiger partial charge in [0, 0.05) is 13.2 Å². The highest BCUT2D eigenvalue weighted by Gasteiger charge is 2.47. The summed E-state index contributed by atoms with van der Waals surface area (Å²) in [6.45, 7) is 1.34. The van der Waals surface area contributed by atoms with Crippen molar-refractivity contribution in [2.45, 2.75) is 57.2 Å². The fraction of sp³-hybridized carbons (Fsp3) is 1.00. The van der Waals surface area contributed by atoms with Crippen LogP contribution >= 0.6 is 0 Å². The molecule has 1 aliphatic carbocycles. The molecule has 2 aliphatic rings. The lowest BCUT2D eigenvalue weighted by Gasteiger charge is -2.37. The van der Waals surface area contributed by atoms with Crippen molar-refractivity contribution in [1.82, 2.24) is 0 Å². The standard InChI is InChI=1S/C14H23F3O2/c15-14(16,17)12-4-2-1-3-11(12)13(18)9-10-5-7-19-8-6-10/h10-13,18H,1-9H2. The lowest BCUT2D eigenvalue weighted by Crippen LogP contribution is -2.40. The molecule has 1 N–H and O–H groups in total. The number of hydrogen-bond acceptors (Lipinski definition) is 2. The maximum Gasteiger partial charge on any atom is 0.392 e. The van der Waals surface area contributed by atoms with Crippen LogP contribution in [-0.4, -0.2) is 30.6 Å². The van der Waals surface area contributed by atoms with Gasteiger partial charge < -0.3 is 9.84 Å². The molecule has 1 aliphatic heterocycles. The van der Waals surface area contributed by atoms with E-state index < -0.39 is 24.1 Å². The van der Waals surface area contributed by atoms with Crippen molar-refractivity contribution in [2.24, 2.45) is 17.8 Å². The van der Waals surface area contributed by atoms with Crippen molar-refractivity contribution in [3.8, 4) is 0 Å². The molecule has 2 nitrogen and oxygen atoms in total. The third-order valence-electron chi connectivity index (χ3n) is 4.65. The Morgan fingerprint density at radius 3 is 2.32 bits per heavy atom. The Morgan fingerprint density at radius 1 is 1.05 bits per heavy atom. The van der Waals surface area contributed by atoms with Gasteiger partial charge in [-0.05, 0) is 43.9 Å². The first kappa shape index (κ1) is 15.1. The van der Waals surface area contributed by atoms with Gasteiger partial charge in [-0.2, -0.15) is 13.2 Å². The summed E-state index contributed by atoms with van der Waals surface area (Å²) >= 11 is 0. The molecular weight excluding hydrogens is 257 g/mol. The number of aliphatic hydroxyl groups is 1. The summed E-state index contributed by atoms with van der Waals surface area (Å²) in [5.74, 6) is -1.59. The summed E-state index contributed by atoms with van der Waals surface area (Å²) in [6, 6.07) is 0. The van der Waals surface area contributed by atoms with E-state index in [1.54, 1.807) is 0 Å². The minimum absolute atomic E-state index is 0.180. The summed E-state index contributed by atoms with van der Waals surface area (Å²) in [5, 5.41) is 10.2. The van der Waals surface area contributed by atoms with E-state index in [1.165, 1.54) is 0 Å². The molecule has 0 spiro atoms. The van der Waals surface area contributed by atoms with Gasteiger partial charge >= 0.3 is 6.18 Å². The Labute approximate surface area is 112 Å². The fourth-order valence-corrected chi connectivity index (χ4v) is 3.52. The third-order valence-corrected chi connectivity index (χ3v) is 4.65.